The lowest BCUT2D eigenvalue weighted by atomic mass is 10.2. The summed E-state index contributed by atoms with van der Waals surface area (Å²) in [5.41, 5.74) is 4.51. The highest BCUT2D eigenvalue weighted by atomic mass is 15.4. The van der Waals surface area contributed by atoms with Gasteiger partial charge in [0.2, 0.25) is 0 Å². The Bertz CT molecular complexity index is 945. The van der Waals surface area contributed by atoms with Crippen LogP contribution in [0.15, 0.2) is 91.0 Å². The third-order valence-corrected chi connectivity index (χ3v) is 4.65. The van der Waals surface area contributed by atoms with Gasteiger partial charge >= 0.3 is 0 Å². The van der Waals surface area contributed by atoms with E-state index in [0.29, 0.717) is 0 Å². The van der Waals surface area contributed by atoms with Gasteiger partial charge in [0.1, 0.15) is 6.67 Å². The van der Waals surface area contributed by atoms with Gasteiger partial charge in [-0.25, -0.2) is 4.98 Å². The van der Waals surface area contributed by atoms with Crippen LogP contribution >= 0.6 is 0 Å². The first-order valence-corrected chi connectivity index (χ1v) is 8.45. The number of pyridine rings is 1. The molecule has 3 nitrogen and oxygen atoms in total. The molecule has 0 amide bonds. The number of aromatic nitrogens is 1. The van der Waals surface area contributed by atoms with Crippen molar-refractivity contribution in [2.45, 2.75) is 0 Å². The number of hydrogen-bond acceptors (Lipinski definition) is 3. The van der Waals surface area contributed by atoms with Gasteiger partial charge in [-0.3, -0.25) is 0 Å². The molecule has 3 aromatic carbocycles. The predicted molar refractivity (Wildman–Crippen MR) is 104 cm³/mol. The average Bonchev–Trinajstić information content (AvgIpc) is 3.06. The van der Waals surface area contributed by atoms with E-state index in [1.807, 2.05) is 18.2 Å². The van der Waals surface area contributed by atoms with Crippen molar-refractivity contribution in [2.24, 2.45) is 0 Å². The molecule has 1 aliphatic heterocycles. The van der Waals surface area contributed by atoms with Gasteiger partial charge in [0.25, 0.3) is 0 Å². The Hall–Kier alpha value is -3.33. The summed E-state index contributed by atoms with van der Waals surface area (Å²) in [6, 6.07) is 31.5. The number of para-hydroxylation sites is 3. The molecule has 2 heterocycles. The first kappa shape index (κ1) is 14.1. The molecule has 0 spiro atoms. The molecular weight excluding hydrogens is 306 g/mol. The van der Waals surface area contributed by atoms with Gasteiger partial charge < -0.3 is 9.80 Å². The standard InChI is InChI=1S/C22H17N3/c1-3-10-18(11-4-1)24-16-25(19-12-5-2-6-13-19)22-21(24)15-17-9-7-8-14-20(17)23-22/h1-15H,16H2. The van der Waals surface area contributed by atoms with Crippen LogP contribution in [-0.4, -0.2) is 11.7 Å². The van der Waals surface area contributed by atoms with E-state index in [-0.39, 0.29) is 0 Å². The smallest absolute Gasteiger partial charge is 0.159 e. The van der Waals surface area contributed by atoms with Crippen molar-refractivity contribution in [3.63, 3.8) is 0 Å². The highest BCUT2D eigenvalue weighted by Crippen LogP contribution is 2.44. The van der Waals surface area contributed by atoms with Crippen LogP contribution in [0.2, 0.25) is 0 Å². The van der Waals surface area contributed by atoms with E-state index in [2.05, 4.69) is 82.6 Å². The monoisotopic (exact) mass is 323 g/mol. The largest absolute Gasteiger partial charge is 0.320 e. The second-order valence-electron chi connectivity index (χ2n) is 6.19. The molecule has 0 saturated heterocycles. The first-order valence-electron chi connectivity index (χ1n) is 8.45. The summed E-state index contributed by atoms with van der Waals surface area (Å²) in [7, 11) is 0. The third-order valence-electron chi connectivity index (χ3n) is 4.65. The number of fused-ring (bicyclic) bond motifs is 2. The van der Waals surface area contributed by atoms with Crippen LogP contribution in [0, 0.1) is 0 Å². The van der Waals surface area contributed by atoms with Crippen LogP contribution < -0.4 is 9.80 Å². The lowest BCUT2D eigenvalue weighted by Gasteiger charge is -2.21. The van der Waals surface area contributed by atoms with E-state index >= 15 is 0 Å². The van der Waals surface area contributed by atoms with Crippen LogP contribution in [-0.2, 0) is 0 Å². The summed E-state index contributed by atoms with van der Waals surface area (Å²) < 4.78 is 0. The number of rotatable bonds is 2. The van der Waals surface area contributed by atoms with Crippen LogP contribution in [0.25, 0.3) is 10.9 Å². The molecule has 0 N–H and O–H groups in total. The van der Waals surface area contributed by atoms with E-state index < -0.39 is 0 Å². The SMILES string of the molecule is c1ccc(N2CN(c3ccccc3)c3nc4ccccc4cc32)cc1. The second-order valence-corrected chi connectivity index (χ2v) is 6.19. The minimum absolute atomic E-state index is 0.757. The van der Waals surface area contributed by atoms with Crippen molar-refractivity contribution in [1.82, 2.24) is 4.98 Å². The summed E-state index contributed by atoms with van der Waals surface area (Å²) >= 11 is 0. The number of hydrogen-bond donors (Lipinski definition) is 0. The van der Waals surface area contributed by atoms with E-state index in [1.54, 1.807) is 0 Å². The van der Waals surface area contributed by atoms with Gasteiger partial charge in [-0.2, -0.15) is 0 Å². The summed E-state index contributed by atoms with van der Waals surface area (Å²) in [6.07, 6.45) is 0. The second kappa shape index (κ2) is 5.64. The Morgan fingerprint density at radius 2 is 1.24 bits per heavy atom. The highest BCUT2D eigenvalue weighted by molar-refractivity contribution is 5.93. The molecule has 1 aromatic heterocycles. The molecule has 120 valence electrons. The average molecular weight is 323 g/mol. The Kier molecular flexibility index (Phi) is 3.17. The maximum absolute atomic E-state index is 4.97. The Balaban J connectivity index is 1.72. The topological polar surface area (TPSA) is 19.4 Å². The fourth-order valence-corrected chi connectivity index (χ4v) is 3.42. The number of nitrogens with zero attached hydrogens (tertiary/aromatic N) is 3. The van der Waals surface area contributed by atoms with Crippen LogP contribution in [0.4, 0.5) is 22.9 Å². The number of anilines is 4. The quantitative estimate of drug-likeness (QED) is 0.487. The van der Waals surface area contributed by atoms with Crippen LogP contribution in [0.1, 0.15) is 0 Å². The molecule has 0 unspecified atom stereocenters. The first-order chi connectivity index (χ1) is 12.4. The minimum atomic E-state index is 0.757. The molecule has 0 aliphatic carbocycles. The summed E-state index contributed by atoms with van der Waals surface area (Å²) in [5, 5.41) is 1.16. The van der Waals surface area contributed by atoms with Crippen molar-refractivity contribution >= 4 is 33.8 Å². The van der Waals surface area contributed by atoms with E-state index in [0.717, 1.165) is 34.8 Å². The van der Waals surface area contributed by atoms with Crippen LogP contribution in [0.5, 0.6) is 0 Å². The molecule has 0 fully saturated rings. The van der Waals surface area contributed by atoms with Crippen molar-refractivity contribution in [3.8, 4) is 0 Å². The summed E-state index contributed by atoms with van der Waals surface area (Å²) in [6.45, 7) is 0.757. The lowest BCUT2D eigenvalue weighted by Crippen LogP contribution is -2.23. The van der Waals surface area contributed by atoms with E-state index in [9.17, 15) is 0 Å². The predicted octanol–water partition coefficient (Wildman–Crippen LogP) is 5.48. The zero-order valence-electron chi connectivity index (χ0n) is 13.7. The zero-order chi connectivity index (χ0) is 16.6. The Morgan fingerprint density at radius 1 is 0.640 bits per heavy atom. The molecule has 4 aromatic rings. The van der Waals surface area contributed by atoms with Gasteiger partial charge in [-0.1, -0.05) is 54.6 Å². The van der Waals surface area contributed by atoms with E-state index in [4.69, 9.17) is 4.98 Å². The summed E-state index contributed by atoms with van der Waals surface area (Å²) in [4.78, 5) is 9.57. The third kappa shape index (κ3) is 2.32. The van der Waals surface area contributed by atoms with Crippen molar-refractivity contribution < 1.29 is 0 Å². The van der Waals surface area contributed by atoms with Gasteiger partial charge in [-0.05, 0) is 36.4 Å². The van der Waals surface area contributed by atoms with Gasteiger partial charge in [0.05, 0.1) is 11.2 Å². The number of benzene rings is 3. The Labute approximate surface area is 146 Å². The molecule has 0 radical (unpaired) electrons. The fourth-order valence-electron chi connectivity index (χ4n) is 3.42. The maximum Gasteiger partial charge on any atom is 0.159 e. The minimum Gasteiger partial charge on any atom is -0.320 e. The van der Waals surface area contributed by atoms with Gasteiger partial charge in [-0.15, -0.1) is 0 Å². The molecule has 3 heteroatoms. The van der Waals surface area contributed by atoms with Crippen molar-refractivity contribution in [2.75, 3.05) is 16.5 Å². The molecule has 0 bridgehead atoms. The van der Waals surface area contributed by atoms with Crippen LogP contribution in [0.3, 0.4) is 0 Å². The van der Waals surface area contributed by atoms with Crippen molar-refractivity contribution in [1.29, 1.82) is 0 Å². The molecule has 5 rings (SSSR count). The summed E-state index contributed by atoms with van der Waals surface area (Å²) in [5.74, 6) is 1.01. The van der Waals surface area contributed by atoms with E-state index in [1.165, 1.54) is 5.69 Å². The van der Waals surface area contributed by atoms with Gasteiger partial charge in [0, 0.05) is 16.8 Å². The molecule has 1 aliphatic rings. The molecular formula is C22H17N3. The molecule has 25 heavy (non-hydrogen) atoms. The maximum atomic E-state index is 4.97. The Morgan fingerprint density at radius 3 is 1.96 bits per heavy atom. The molecule has 0 atom stereocenters. The van der Waals surface area contributed by atoms with Gasteiger partial charge in [0.15, 0.2) is 5.82 Å². The molecule has 0 saturated carbocycles. The van der Waals surface area contributed by atoms with Crippen molar-refractivity contribution in [3.05, 3.63) is 91.0 Å². The highest BCUT2D eigenvalue weighted by Gasteiger charge is 2.29. The fraction of sp³-hybridized carbons (Fsp3) is 0.0455. The zero-order valence-corrected chi connectivity index (χ0v) is 13.7. The normalized spacial score (nSPS) is 13.3. The lowest BCUT2D eigenvalue weighted by molar-refractivity contribution is 0.983.